The fourth-order valence-corrected chi connectivity index (χ4v) is 4.17. The fraction of sp³-hybridized carbons (Fsp3) is 0.500. The van der Waals surface area contributed by atoms with E-state index in [4.69, 9.17) is 0 Å². The van der Waals surface area contributed by atoms with Gasteiger partial charge in [0.1, 0.15) is 0 Å². The average molecular weight is 284 g/mol. The minimum Gasteiger partial charge on any atom is -0.480 e. The van der Waals surface area contributed by atoms with Crippen LogP contribution in [0.4, 0.5) is 0 Å². The van der Waals surface area contributed by atoms with E-state index in [1.165, 1.54) is 6.07 Å². The van der Waals surface area contributed by atoms with E-state index >= 15 is 0 Å². The molecule has 0 aliphatic carbocycles. The van der Waals surface area contributed by atoms with Crippen molar-refractivity contribution in [2.24, 2.45) is 0 Å². The number of hydrogen-bond donors (Lipinski definition) is 1. The molecule has 0 radical (unpaired) electrons. The molecule has 0 bridgehead atoms. The summed E-state index contributed by atoms with van der Waals surface area (Å²) in [5.41, 5.74) is 1.82. The summed E-state index contributed by atoms with van der Waals surface area (Å²) in [7, 11) is -3.90. The van der Waals surface area contributed by atoms with Gasteiger partial charge in [-0.3, -0.25) is 4.79 Å². The van der Waals surface area contributed by atoms with E-state index < -0.39 is 20.6 Å². The number of carbonyl (C=O) groups is 1. The van der Waals surface area contributed by atoms with Gasteiger partial charge in [-0.25, -0.2) is 8.42 Å². The highest BCUT2D eigenvalue weighted by Crippen LogP contribution is 2.33. The van der Waals surface area contributed by atoms with E-state index in [1.54, 1.807) is 26.0 Å². The molecule has 0 amide bonds. The van der Waals surface area contributed by atoms with Crippen LogP contribution in [0.25, 0.3) is 0 Å². The van der Waals surface area contributed by atoms with Gasteiger partial charge in [0.05, 0.1) is 4.90 Å². The SMILES string of the molecule is CCC(CC)(C(=O)O)S(=O)(=O)c1ccc(C)c(C)c1. The maximum atomic E-state index is 12.6. The molecule has 5 heteroatoms. The zero-order valence-electron chi connectivity index (χ0n) is 11.7. The molecule has 1 N–H and O–H groups in total. The van der Waals surface area contributed by atoms with Crippen LogP contribution in [0.5, 0.6) is 0 Å². The number of benzene rings is 1. The number of carboxylic acid groups (broad SMARTS) is 1. The van der Waals surface area contributed by atoms with Crippen molar-refractivity contribution in [3.05, 3.63) is 29.3 Å². The van der Waals surface area contributed by atoms with E-state index in [1.807, 2.05) is 13.8 Å². The molecule has 0 unspecified atom stereocenters. The Hall–Kier alpha value is -1.36. The van der Waals surface area contributed by atoms with Crippen LogP contribution >= 0.6 is 0 Å². The molecule has 1 rings (SSSR count). The second-order valence-corrected chi connectivity index (χ2v) is 7.02. The smallest absolute Gasteiger partial charge is 0.325 e. The van der Waals surface area contributed by atoms with Crippen LogP contribution in [0.15, 0.2) is 23.1 Å². The number of carboxylic acids is 1. The van der Waals surface area contributed by atoms with Gasteiger partial charge in [0.2, 0.25) is 0 Å². The lowest BCUT2D eigenvalue weighted by molar-refractivity contribution is -0.140. The van der Waals surface area contributed by atoms with Crippen LogP contribution in [-0.4, -0.2) is 24.2 Å². The standard InChI is InChI=1S/C14H20O4S/c1-5-14(6-2,13(15)16)19(17,18)12-8-7-10(3)11(4)9-12/h7-9H,5-6H2,1-4H3,(H,15,16). The van der Waals surface area contributed by atoms with Gasteiger partial charge in [0.15, 0.2) is 14.6 Å². The predicted molar refractivity (Wildman–Crippen MR) is 74.1 cm³/mol. The maximum absolute atomic E-state index is 12.6. The first-order valence-electron chi connectivity index (χ1n) is 6.28. The Morgan fingerprint density at radius 1 is 1.16 bits per heavy atom. The van der Waals surface area contributed by atoms with Crippen molar-refractivity contribution in [1.29, 1.82) is 0 Å². The third-order valence-corrected chi connectivity index (χ3v) is 6.49. The lowest BCUT2D eigenvalue weighted by atomic mass is 10.0. The summed E-state index contributed by atoms with van der Waals surface area (Å²) >= 11 is 0. The highest BCUT2D eigenvalue weighted by Gasteiger charge is 2.48. The second-order valence-electron chi connectivity index (χ2n) is 4.76. The molecule has 0 aliphatic rings. The molecule has 1 aromatic rings. The highest BCUT2D eigenvalue weighted by molar-refractivity contribution is 7.93. The molecule has 0 atom stereocenters. The fourth-order valence-electron chi connectivity index (χ4n) is 2.15. The Labute approximate surface area is 114 Å². The van der Waals surface area contributed by atoms with Gasteiger partial charge in [0, 0.05) is 0 Å². The number of rotatable bonds is 5. The van der Waals surface area contributed by atoms with Crippen LogP contribution in [-0.2, 0) is 14.6 Å². The van der Waals surface area contributed by atoms with Gasteiger partial charge in [-0.1, -0.05) is 19.9 Å². The largest absolute Gasteiger partial charge is 0.480 e. The van der Waals surface area contributed by atoms with E-state index in [0.29, 0.717) is 0 Å². The van der Waals surface area contributed by atoms with Crippen molar-refractivity contribution in [2.45, 2.75) is 50.2 Å². The maximum Gasteiger partial charge on any atom is 0.325 e. The van der Waals surface area contributed by atoms with Gasteiger partial charge in [-0.2, -0.15) is 0 Å². The molecular weight excluding hydrogens is 264 g/mol. The molecule has 0 saturated heterocycles. The van der Waals surface area contributed by atoms with Crippen LogP contribution in [0.2, 0.25) is 0 Å². The molecule has 0 aromatic heterocycles. The summed E-state index contributed by atoms with van der Waals surface area (Å²) < 4.78 is 23.5. The zero-order chi connectivity index (χ0) is 14.8. The van der Waals surface area contributed by atoms with Gasteiger partial charge in [0.25, 0.3) is 0 Å². The quantitative estimate of drug-likeness (QED) is 0.902. The van der Waals surface area contributed by atoms with E-state index in [2.05, 4.69) is 0 Å². The van der Waals surface area contributed by atoms with Crippen LogP contribution in [0.1, 0.15) is 37.8 Å². The normalized spacial score (nSPS) is 12.4. The zero-order valence-corrected chi connectivity index (χ0v) is 12.5. The molecular formula is C14H20O4S. The Balaban J connectivity index is 3.52. The topological polar surface area (TPSA) is 71.4 Å². The molecule has 4 nitrogen and oxygen atoms in total. The van der Waals surface area contributed by atoms with Gasteiger partial charge < -0.3 is 5.11 Å². The first kappa shape index (κ1) is 15.7. The first-order valence-corrected chi connectivity index (χ1v) is 7.76. The van der Waals surface area contributed by atoms with Crippen LogP contribution in [0, 0.1) is 13.8 Å². The summed E-state index contributed by atoms with van der Waals surface area (Å²) in [6.07, 6.45) is 0.0994. The number of hydrogen-bond acceptors (Lipinski definition) is 3. The van der Waals surface area contributed by atoms with Crippen LogP contribution in [0.3, 0.4) is 0 Å². The van der Waals surface area contributed by atoms with Crippen molar-refractivity contribution in [3.63, 3.8) is 0 Å². The Morgan fingerprint density at radius 3 is 2.05 bits per heavy atom. The second kappa shape index (κ2) is 5.33. The summed E-state index contributed by atoms with van der Waals surface area (Å²) in [4.78, 5) is 11.6. The molecule has 0 heterocycles. The summed E-state index contributed by atoms with van der Waals surface area (Å²) in [6.45, 7) is 6.89. The molecule has 0 saturated carbocycles. The van der Waals surface area contributed by atoms with Gasteiger partial charge >= 0.3 is 5.97 Å². The number of aliphatic carboxylic acids is 1. The van der Waals surface area contributed by atoms with Crippen molar-refractivity contribution in [3.8, 4) is 0 Å². The number of aryl methyl sites for hydroxylation is 2. The van der Waals surface area contributed by atoms with Crippen molar-refractivity contribution in [1.82, 2.24) is 0 Å². The van der Waals surface area contributed by atoms with E-state index in [-0.39, 0.29) is 17.7 Å². The first-order chi connectivity index (χ1) is 8.72. The molecule has 0 spiro atoms. The summed E-state index contributed by atoms with van der Waals surface area (Å²) in [5, 5.41) is 9.37. The van der Waals surface area contributed by atoms with E-state index in [0.717, 1.165) is 11.1 Å². The van der Waals surface area contributed by atoms with Crippen molar-refractivity contribution in [2.75, 3.05) is 0 Å². The minimum absolute atomic E-state index is 0.0497. The monoisotopic (exact) mass is 284 g/mol. The lowest BCUT2D eigenvalue weighted by Gasteiger charge is -2.26. The van der Waals surface area contributed by atoms with E-state index in [9.17, 15) is 18.3 Å². The Kier molecular flexibility index (Phi) is 4.40. The summed E-state index contributed by atoms with van der Waals surface area (Å²) in [5.74, 6) is -1.28. The summed E-state index contributed by atoms with van der Waals surface area (Å²) in [6, 6.07) is 4.74. The van der Waals surface area contributed by atoms with Gasteiger partial charge in [-0.15, -0.1) is 0 Å². The third-order valence-electron chi connectivity index (χ3n) is 3.84. The van der Waals surface area contributed by atoms with Gasteiger partial charge in [-0.05, 0) is 49.9 Å². The Morgan fingerprint density at radius 2 is 1.68 bits per heavy atom. The molecule has 106 valence electrons. The average Bonchev–Trinajstić information content (AvgIpc) is 2.34. The predicted octanol–water partition coefficient (Wildman–Crippen LogP) is 2.72. The van der Waals surface area contributed by atoms with Crippen LogP contribution < -0.4 is 0 Å². The highest BCUT2D eigenvalue weighted by atomic mass is 32.2. The molecule has 1 aromatic carbocycles. The molecule has 0 fully saturated rings. The van der Waals surface area contributed by atoms with Crippen molar-refractivity contribution >= 4 is 15.8 Å². The molecule has 0 aliphatic heterocycles. The minimum atomic E-state index is -3.90. The molecule has 19 heavy (non-hydrogen) atoms. The third kappa shape index (κ3) is 2.39. The lowest BCUT2D eigenvalue weighted by Crippen LogP contribution is -2.45. The van der Waals surface area contributed by atoms with Crippen molar-refractivity contribution < 1.29 is 18.3 Å². The Bertz CT molecular complexity index is 583. The number of sulfone groups is 1.